The maximum atomic E-state index is 9.79. The highest BCUT2D eigenvalue weighted by molar-refractivity contribution is 5.88. The van der Waals surface area contributed by atoms with Crippen LogP contribution in [0.15, 0.2) is 55.1 Å². The molecule has 0 aromatic heterocycles. The molecule has 3 nitrogen and oxygen atoms in total. The fourth-order valence-corrected chi connectivity index (χ4v) is 1.92. The Bertz CT molecular complexity index is 534. The lowest BCUT2D eigenvalue weighted by Crippen LogP contribution is -2.31. The van der Waals surface area contributed by atoms with E-state index < -0.39 is 6.10 Å². The van der Waals surface area contributed by atoms with Crippen LogP contribution in [0.4, 0.5) is 0 Å². The standard InChI is InChI=1S/C16H19NO2/c1-2-10-17-11-14(18)12-19-16-9-5-7-13-6-3-4-8-15(13)16/h2-9,14,17-18H,1,10-12H2. The van der Waals surface area contributed by atoms with Crippen LogP contribution >= 0.6 is 0 Å². The van der Waals surface area contributed by atoms with Crippen LogP contribution in [-0.4, -0.2) is 30.9 Å². The second kappa shape index (κ2) is 6.92. The Morgan fingerprint density at radius 1 is 1.21 bits per heavy atom. The summed E-state index contributed by atoms with van der Waals surface area (Å²) in [4.78, 5) is 0. The smallest absolute Gasteiger partial charge is 0.127 e. The van der Waals surface area contributed by atoms with E-state index in [0.29, 0.717) is 13.1 Å². The zero-order chi connectivity index (χ0) is 13.5. The fourth-order valence-electron chi connectivity index (χ4n) is 1.92. The predicted octanol–water partition coefficient (Wildman–Crippen LogP) is 2.36. The summed E-state index contributed by atoms with van der Waals surface area (Å²) in [6.45, 7) is 5.07. The van der Waals surface area contributed by atoms with Crippen molar-refractivity contribution in [2.75, 3.05) is 19.7 Å². The summed E-state index contributed by atoms with van der Waals surface area (Å²) >= 11 is 0. The molecule has 2 aromatic rings. The molecule has 3 heteroatoms. The molecule has 19 heavy (non-hydrogen) atoms. The van der Waals surface area contributed by atoms with Gasteiger partial charge in [-0.05, 0) is 11.5 Å². The van der Waals surface area contributed by atoms with Gasteiger partial charge in [0.05, 0.1) is 0 Å². The SMILES string of the molecule is C=CCNCC(O)COc1cccc2ccccc12. The largest absolute Gasteiger partial charge is 0.490 e. The van der Waals surface area contributed by atoms with Gasteiger partial charge in [0, 0.05) is 18.5 Å². The molecule has 1 atom stereocenters. The van der Waals surface area contributed by atoms with Crippen LogP contribution in [0.3, 0.4) is 0 Å². The van der Waals surface area contributed by atoms with Crippen LogP contribution in [0.1, 0.15) is 0 Å². The Labute approximate surface area is 113 Å². The van der Waals surface area contributed by atoms with E-state index in [4.69, 9.17) is 4.74 Å². The van der Waals surface area contributed by atoms with Crippen molar-refractivity contribution < 1.29 is 9.84 Å². The Kier molecular flexibility index (Phi) is 4.95. The van der Waals surface area contributed by atoms with Crippen molar-refractivity contribution in [3.63, 3.8) is 0 Å². The van der Waals surface area contributed by atoms with Crippen molar-refractivity contribution in [3.05, 3.63) is 55.1 Å². The van der Waals surface area contributed by atoms with Gasteiger partial charge in [-0.25, -0.2) is 0 Å². The molecular weight excluding hydrogens is 238 g/mol. The summed E-state index contributed by atoms with van der Waals surface area (Å²) in [5.74, 6) is 0.806. The van der Waals surface area contributed by atoms with Crippen molar-refractivity contribution in [3.8, 4) is 5.75 Å². The molecule has 0 bridgehead atoms. The Morgan fingerprint density at radius 2 is 2.00 bits per heavy atom. The third kappa shape index (κ3) is 3.81. The van der Waals surface area contributed by atoms with Gasteiger partial charge >= 0.3 is 0 Å². The summed E-state index contributed by atoms with van der Waals surface area (Å²) in [5.41, 5.74) is 0. The molecule has 2 N–H and O–H groups in total. The van der Waals surface area contributed by atoms with E-state index in [0.717, 1.165) is 16.5 Å². The van der Waals surface area contributed by atoms with Crippen molar-refractivity contribution in [1.29, 1.82) is 0 Å². The molecule has 0 fully saturated rings. The number of nitrogens with one attached hydrogen (secondary N) is 1. The summed E-state index contributed by atoms with van der Waals surface area (Å²) in [6, 6.07) is 14.0. The van der Waals surface area contributed by atoms with E-state index in [1.54, 1.807) is 6.08 Å². The first-order valence-corrected chi connectivity index (χ1v) is 6.41. The Morgan fingerprint density at radius 3 is 2.84 bits per heavy atom. The van der Waals surface area contributed by atoms with Crippen molar-refractivity contribution in [1.82, 2.24) is 5.32 Å². The molecule has 0 spiro atoms. The Balaban J connectivity index is 1.96. The molecule has 1 unspecified atom stereocenters. The average molecular weight is 257 g/mol. The first-order valence-electron chi connectivity index (χ1n) is 6.41. The van der Waals surface area contributed by atoms with Gasteiger partial charge < -0.3 is 15.2 Å². The molecule has 0 aliphatic heterocycles. The monoisotopic (exact) mass is 257 g/mol. The van der Waals surface area contributed by atoms with Crippen LogP contribution in [0.25, 0.3) is 10.8 Å². The molecular formula is C16H19NO2. The highest BCUT2D eigenvalue weighted by atomic mass is 16.5. The first kappa shape index (κ1) is 13.6. The summed E-state index contributed by atoms with van der Waals surface area (Å²) in [5, 5.41) is 15.1. The van der Waals surface area contributed by atoms with Crippen molar-refractivity contribution >= 4 is 10.8 Å². The predicted molar refractivity (Wildman–Crippen MR) is 78.5 cm³/mol. The molecule has 0 aliphatic carbocycles. The van der Waals surface area contributed by atoms with E-state index in [1.807, 2.05) is 42.5 Å². The number of hydrogen-bond acceptors (Lipinski definition) is 3. The second-order valence-electron chi connectivity index (χ2n) is 4.39. The molecule has 0 amide bonds. The third-order valence-corrected chi connectivity index (χ3v) is 2.85. The summed E-state index contributed by atoms with van der Waals surface area (Å²) in [7, 11) is 0. The summed E-state index contributed by atoms with van der Waals surface area (Å²) in [6.07, 6.45) is 1.23. The van der Waals surface area contributed by atoms with Crippen LogP contribution < -0.4 is 10.1 Å². The van der Waals surface area contributed by atoms with Gasteiger partial charge in [-0.3, -0.25) is 0 Å². The zero-order valence-electron chi connectivity index (χ0n) is 10.9. The number of fused-ring (bicyclic) bond motifs is 1. The highest BCUT2D eigenvalue weighted by Crippen LogP contribution is 2.25. The number of benzene rings is 2. The molecule has 100 valence electrons. The molecule has 2 aromatic carbocycles. The molecule has 0 radical (unpaired) electrons. The van der Waals surface area contributed by atoms with E-state index in [2.05, 4.69) is 11.9 Å². The van der Waals surface area contributed by atoms with Gasteiger partial charge in [-0.2, -0.15) is 0 Å². The van der Waals surface area contributed by atoms with E-state index in [9.17, 15) is 5.11 Å². The van der Waals surface area contributed by atoms with Gasteiger partial charge in [-0.1, -0.05) is 42.5 Å². The minimum Gasteiger partial charge on any atom is -0.490 e. The minimum atomic E-state index is -0.529. The maximum absolute atomic E-state index is 9.79. The van der Waals surface area contributed by atoms with Crippen LogP contribution in [0.5, 0.6) is 5.75 Å². The lowest BCUT2D eigenvalue weighted by molar-refractivity contribution is 0.108. The van der Waals surface area contributed by atoms with Crippen molar-refractivity contribution in [2.45, 2.75) is 6.10 Å². The molecule has 0 saturated carbocycles. The lowest BCUT2D eigenvalue weighted by Gasteiger charge is -2.14. The fraction of sp³-hybridized carbons (Fsp3) is 0.250. The molecule has 2 rings (SSSR count). The number of rotatable bonds is 7. The van der Waals surface area contributed by atoms with Crippen LogP contribution in [0, 0.1) is 0 Å². The lowest BCUT2D eigenvalue weighted by atomic mass is 10.1. The minimum absolute atomic E-state index is 0.276. The maximum Gasteiger partial charge on any atom is 0.127 e. The summed E-state index contributed by atoms with van der Waals surface area (Å²) < 4.78 is 5.70. The van der Waals surface area contributed by atoms with Gasteiger partial charge in [0.25, 0.3) is 0 Å². The van der Waals surface area contributed by atoms with Crippen LogP contribution in [0.2, 0.25) is 0 Å². The van der Waals surface area contributed by atoms with Gasteiger partial charge in [-0.15, -0.1) is 6.58 Å². The number of aliphatic hydroxyl groups excluding tert-OH is 1. The normalized spacial score (nSPS) is 12.3. The number of ether oxygens (including phenoxy) is 1. The van der Waals surface area contributed by atoms with E-state index in [-0.39, 0.29) is 6.61 Å². The quantitative estimate of drug-likeness (QED) is 0.591. The second-order valence-corrected chi connectivity index (χ2v) is 4.39. The van der Waals surface area contributed by atoms with Crippen LogP contribution in [-0.2, 0) is 0 Å². The first-order chi connectivity index (χ1) is 9.31. The average Bonchev–Trinajstić information content (AvgIpc) is 2.45. The van der Waals surface area contributed by atoms with Gasteiger partial charge in [0.2, 0.25) is 0 Å². The molecule has 0 aliphatic rings. The molecule has 0 heterocycles. The van der Waals surface area contributed by atoms with Gasteiger partial charge in [0.1, 0.15) is 18.5 Å². The van der Waals surface area contributed by atoms with Gasteiger partial charge in [0.15, 0.2) is 0 Å². The number of aliphatic hydroxyl groups is 1. The van der Waals surface area contributed by atoms with E-state index in [1.165, 1.54) is 0 Å². The molecule has 0 saturated heterocycles. The van der Waals surface area contributed by atoms with Crippen molar-refractivity contribution in [2.24, 2.45) is 0 Å². The Hall–Kier alpha value is -1.84. The number of hydrogen-bond donors (Lipinski definition) is 2. The highest BCUT2D eigenvalue weighted by Gasteiger charge is 2.06. The zero-order valence-corrected chi connectivity index (χ0v) is 10.9. The third-order valence-electron chi connectivity index (χ3n) is 2.85. The van der Waals surface area contributed by atoms with E-state index >= 15 is 0 Å². The topological polar surface area (TPSA) is 41.5 Å².